The molecule has 0 unspecified atom stereocenters. The fraction of sp³-hybridized carbons (Fsp3) is 0.364. The second-order valence-electron chi connectivity index (χ2n) is 7.89. The minimum absolute atomic E-state index is 0.0301. The summed E-state index contributed by atoms with van der Waals surface area (Å²) >= 11 is 0.766. The molecule has 0 aliphatic carbocycles. The van der Waals surface area contributed by atoms with Crippen molar-refractivity contribution in [2.75, 3.05) is 13.2 Å². The number of aromatic nitrogens is 1. The zero-order valence-electron chi connectivity index (χ0n) is 17.8. The van der Waals surface area contributed by atoms with Crippen LogP contribution in [-0.2, 0) is 30.4 Å². The van der Waals surface area contributed by atoms with E-state index in [0.29, 0.717) is 5.56 Å². The molecule has 0 atom stereocenters. The molecular formula is C22H24N2O6S. The van der Waals surface area contributed by atoms with Crippen LogP contribution in [0.25, 0.3) is 17.0 Å². The van der Waals surface area contributed by atoms with Crippen LogP contribution in [0.5, 0.6) is 0 Å². The van der Waals surface area contributed by atoms with Crippen molar-refractivity contribution in [1.82, 2.24) is 9.47 Å². The largest absolute Gasteiger partial charge is 0.465 e. The summed E-state index contributed by atoms with van der Waals surface area (Å²) in [6, 6.07) is 7.43. The van der Waals surface area contributed by atoms with Crippen LogP contribution in [0.2, 0.25) is 0 Å². The van der Waals surface area contributed by atoms with Crippen molar-refractivity contribution >= 4 is 51.8 Å². The molecule has 8 nitrogen and oxygen atoms in total. The molecule has 0 saturated carbocycles. The zero-order valence-corrected chi connectivity index (χ0v) is 18.7. The number of benzene rings is 1. The van der Waals surface area contributed by atoms with Gasteiger partial charge in [0.1, 0.15) is 18.7 Å². The highest BCUT2D eigenvalue weighted by Crippen LogP contribution is 2.34. The quantitative estimate of drug-likeness (QED) is 0.496. The number of ether oxygens (including phenoxy) is 2. The molecule has 1 saturated heterocycles. The van der Waals surface area contributed by atoms with Crippen LogP contribution in [0.1, 0.15) is 33.3 Å². The Labute approximate surface area is 184 Å². The zero-order chi connectivity index (χ0) is 22.8. The molecule has 1 aliphatic heterocycles. The number of nitrogens with zero attached hydrogens (tertiary/aromatic N) is 2. The number of esters is 2. The summed E-state index contributed by atoms with van der Waals surface area (Å²) in [7, 11) is 0. The Bertz CT molecular complexity index is 1080. The topological polar surface area (TPSA) is 94.9 Å². The number of fused-ring (bicyclic) bond motifs is 1. The number of rotatable bonds is 6. The van der Waals surface area contributed by atoms with Gasteiger partial charge in [-0.3, -0.25) is 24.1 Å². The Balaban J connectivity index is 1.86. The van der Waals surface area contributed by atoms with Crippen LogP contribution in [0.15, 0.2) is 35.4 Å². The van der Waals surface area contributed by atoms with Gasteiger partial charge in [-0.05, 0) is 51.6 Å². The van der Waals surface area contributed by atoms with Gasteiger partial charge in [0.15, 0.2) is 0 Å². The first-order chi connectivity index (χ1) is 14.6. The maximum atomic E-state index is 12.8. The summed E-state index contributed by atoms with van der Waals surface area (Å²) in [6.45, 7) is 6.76. The van der Waals surface area contributed by atoms with E-state index in [9.17, 15) is 19.2 Å². The lowest BCUT2D eigenvalue weighted by atomic mass is 10.1. The Hall–Kier alpha value is -3.07. The lowest BCUT2D eigenvalue weighted by Gasteiger charge is -2.21. The Kier molecular flexibility index (Phi) is 6.54. The third-order valence-corrected chi connectivity index (χ3v) is 5.20. The summed E-state index contributed by atoms with van der Waals surface area (Å²) < 4.78 is 12.0. The van der Waals surface area contributed by atoms with Crippen LogP contribution >= 0.6 is 11.8 Å². The molecule has 2 heterocycles. The third kappa shape index (κ3) is 5.35. The van der Waals surface area contributed by atoms with Crippen molar-refractivity contribution in [3.8, 4) is 0 Å². The van der Waals surface area contributed by atoms with Crippen LogP contribution in [0.4, 0.5) is 4.79 Å². The molecule has 1 aliphatic rings. The maximum Gasteiger partial charge on any atom is 0.326 e. The van der Waals surface area contributed by atoms with Gasteiger partial charge in [0.05, 0.1) is 11.5 Å². The minimum Gasteiger partial charge on any atom is -0.465 e. The van der Waals surface area contributed by atoms with Crippen molar-refractivity contribution in [2.24, 2.45) is 0 Å². The van der Waals surface area contributed by atoms with Gasteiger partial charge < -0.3 is 14.0 Å². The van der Waals surface area contributed by atoms with Gasteiger partial charge in [-0.15, -0.1) is 0 Å². The molecule has 2 amide bonds. The van der Waals surface area contributed by atoms with Gasteiger partial charge in [0.2, 0.25) is 0 Å². The van der Waals surface area contributed by atoms with Gasteiger partial charge in [0, 0.05) is 22.7 Å². The van der Waals surface area contributed by atoms with E-state index in [2.05, 4.69) is 0 Å². The second kappa shape index (κ2) is 8.97. The minimum atomic E-state index is -0.713. The first kappa shape index (κ1) is 22.6. The summed E-state index contributed by atoms with van der Waals surface area (Å²) in [5.74, 6) is -1.57. The van der Waals surface area contributed by atoms with Gasteiger partial charge >= 0.3 is 11.9 Å². The van der Waals surface area contributed by atoms with Crippen molar-refractivity contribution in [3.63, 3.8) is 0 Å². The molecule has 31 heavy (non-hydrogen) atoms. The molecule has 164 valence electrons. The van der Waals surface area contributed by atoms with Gasteiger partial charge in [-0.25, -0.2) is 0 Å². The SMILES string of the molecule is CCOC(=O)Cn1cc(C=C2SC(=O)N(CC(=O)OC(C)(C)C)C2=O)c2ccccc21. The highest BCUT2D eigenvalue weighted by molar-refractivity contribution is 8.18. The monoisotopic (exact) mass is 444 g/mol. The van der Waals surface area contributed by atoms with Crippen LogP contribution in [0.3, 0.4) is 0 Å². The number of amides is 2. The van der Waals surface area contributed by atoms with E-state index in [-0.39, 0.29) is 24.0 Å². The highest BCUT2D eigenvalue weighted by Gasteiger charge is 2.37. The van der Waals surface area contributed by atoms with Crippen LogP contribution < -0.4 is 0 Å². The average molecular weight is 445 g/mol. The number of carbonyl (C=O) groups is 4. The fourth-order valence-electron chi connectivity index (χ4n) is 3.15. The molecule has 3 rings (SSSR count). The molecule has 2 aromatic rings. The van der Waals surface area contributed by atoms with Crippen molar-refractivity contribution in [3.05, 3.63) is 40.9 Å². The number of carbonyl (C=O) groups excluding carboxylic acids is 4. The van der Waals surface area contributed by atoms with E-state index >= 15 is 0 Å². The number of imide groups is 1. The molecule has 1 aromatic carbocycles. The van der Waals surface area contributed by atoms with Crippen molar-refractivity contribution < 1.29 is 28.7 Å². The maximum absolute atomic E-state index is 12.8. The molecule has 0 radical (unpaired) electrons. The van der Waals surface area contributed by atoms with E-state index < -0.39 is 29.3 Å². The summed E-state index contributed by atoms with van der Waals surface area (Å²) in [4.78, 5) is 50.2. The van der Waals surface area contributed by atoms with E-state index in [1.54, 1.807) is 44.5 Å². The van der Waals surface area contributed by atoms with Crippen molar-refractivity contribution in [2.45, 2.75) is 39.8 Å². The van der Waals surface area contributed by atoms with Crippen LogP contribution in [0, 0.1) is 0 Å². The van der Waals surface area contributed by atoms with Crippen molar-refractivity contribution in [1.29, 1.82) is 0 Å². The molecule has 0 spiro atoms. The smallest absolute Gasteiger partial charge is 0.326 e. The molecule has 1 aromatic heterocycles. The lowest BCUT2D eigenvalue weighted by Crippen LogP contribution is -2.37. The van der Waals surface area contributed by atoms with Gasteiger partial charge in [0.25, 0.3) is 11.1 Å². The van der Waals surface area contributed by atoms with Gasteiger partial charge in [-0.1, -0.05) is 18.2 Å². The molecule has 0 N–H and O–H groups in total. The summed E-state index contributed by atoms with van der Waals surface area (Å²) in [5.41, 5.74) is 0.771. The van der Waals surface area contributed by atoms with Gasteiger partial charge in [-0.2, -0.15) is 0 Å². The molecular weight excluding hydrogens is 420 g/mol. The van der Waals surface area contributed by atoms with Crippen LogP contribution in [-0.4, -0.2) is 51.3 Å². The van der Waals surface area contributed by atoms with E-state index in [4.69, 9.17) is 9.47 Å². The highest BCUT2D eigenvalue weighted by atomic mass is 32.2. The standard InChI is InChI=1S/C22H24N2O6S/c1-5-29-18(25)12-23-11-14(15-8-6-7-9-16(15)23)10-17-20(27)24(21(28)31-17)13-19(26)30-22(2,3)4/h6-11H,5,12-13H2,1-4H3. The molecule has 9 heteroatoms. The van der Waals surface area contributed by atoms with E-state index in [1.807, 2.05) is 24.3 Å². The molecule has 1 fully saturated rings. The molecule has 0 bridgehead atoms. The number of hydrogen-bond donors (Lipinski definition) is 0. The normalized spacial score (nSPS) is 15.7. The number of hydrogen-bond acceptors (Lipinski definition) is 7. The second-order valence-corrected chi connectivity index (χ2v) is 8.88. The average Bonchev–Trinajstić information content (AvgIpc) is 3.13. The lowest BCUT2D eigenvalue weighted by molar-refractivity contribution is -0.156. The summed E-state index contributed by atoms with van der Waals surface area (Å²) in [6.07, 6.45) is 3.34. The Morgan fingerprint density at radius 1 is 1.10 bits per heavy atom. The first-order valence-electron chi connectivity index (χ1n) is 9.79. The third-order valence-electron chi connectivity index (χ3n) is 4.29. The van der Waals surface area contributed by atoms with E-state index in [0.717, 1.165) is 27.6 Å². The Morgan fingerprint density at radius 2 is 1.81 bits per heavy atom. The number of para-hydroxylation sites is 1. The summed E-state index contributed by atoms with van der Waals surface area (Å²) in [5, 5.41) is 0.295. The predicted molar refractivity (Wildman–Crippen MR) is 117 cm³/mol. The Morgan fingerprint density at radius 3 is 2.48 bits per heavy atom. The van der Waals surface area contributed by atoms with E-state index in [1.165, 1.54) is 0 Å². The first-order valence-corrected chi connectivity index (χ1v) is 10.6. The fourth-order valence-corrected chi connectivity index (χ4v) is 3.98. The number of thioether (sulfide) groups is 1. The predicted octanol–water partition coefficient (Wildman–Crippen LogP) is 3.58.